The third kappa shape index (κ3) is 4.53. The Bertz CT molecular complexity index is 802. The molecule has 2 aliphatic rings. The van der Waals surface area contributed by atoms with Crippen molar-refractivity contribution < 1.29 is 17.9 Å². The number of nitrogen functional groups attached to an aromatic ring is 1. The zero-order valence-corrected chi connectivity index (χ0v) is 16.6. The van der Waals surface area contributed by atoms with Gasteiger partial charge in [0.05, 0.1) is 18.4 Å². The van der Waals surface area contributed by atoms with Crippen LogP contribution < -0.4 is 25.8 Å². The van der Waals surface area contributed by atoms with Crippen LogP contribution in [0.3, 0.4) is 0 Å². The van der Waals surface area contributed by atoms with Gasteiger partial charge in [0, 0.05) is 18.2 Å². The molecule has 2 fully saturated rings. The molecule has 27 heavy (non-hydrogen) atoms. The summed E-state index contributed by atoms with van der Waals surface area (Å²) in [6.07, 6.45) is 5.46. The fourth-order valence-electron chi connectivity index (χ4n) is 3.60. The van der Waals surface area contributed by atoms with Crippen molar-refractivity contribution >= 4 is 21.6 Å². The largest absolute Gasteiger partial charge is 0.496 e. The maximum Gasteiger partial charge on any atom is 0.255 e. The van der Waals surface area contributed by atoms with E-state index in [-0.39, 0.29) is 39.9 Å². The first-order valence-electron chi connectivity index (χ1n) is 9.31. The van der Waals surface area contributed by atoms with Gasteiger partial charge in [-0.15, -0.1) is 0 Å². The van der Waals surface area contributed by atoms with Gasteiger partial charge in [0.2, 0.25) is 10.0 Å². The molecule has 2 atom stereocenters. The van der Waals surface area contributed by atoms with E-state index in [9.17, 15) is 13.2 Å². The number of nitrogens with two attached hydrogens (primary N) is 1. The van der Waals surface area contributed by atoms with Gasteiger partial charge in [-0.1, -0.05) is 12.8 Å². The smallest absolute Gasteiger partial charge is 0.255 e. The molecule has 0 aromatic heterocycles. The lowest BCUT2D eigenvalue weighted by atomic mass is 9.99. The molecular weight excluding hydrogens is 368 g/mol. The van der Waals surface area contributed by atoms with Gasteiger partial charge in [0.1, 0.15) is 10.6 Å². The van der Waals surface area contributed by atoms with Gasteiger partial charge in [-0.3, -0.25) is 4.79 Å². The molecular formula is C18H28N4O4S. The van der Waals surface area contributed by atoms with Crippen LogP contribution in [-0.4, -0.2) is 47.1 Å². The van der Waals surface area contributed by atoms with E-state index in [1.165, 1.54) is 39.1 Å². The first kappa shape index (κ1) is 19.9. The zero-order valence-electron chi connectivity index (χ0n) is 15.7. The molecule has 1 aliphatic heterocycles. The second-order valence-corrected chi connectivity index (χ2v) is 9.11. The van der Waals surface area contributed by atoms with E-state index in [2.05, 4.69) is 15.4 Å². The number of nitrogens with one attached hydrogen (secondary N) is 3. The lowest BCUT2D eigenvalue weighted by molar-refractivity contribution is 0.0921. The minimum Gasteiger partial charge on any atom is -0.496 e. The maximum absolute atomic E-state index is 13.0. The average molecular weight is 397 g/mol. The number of carbonyl (C=O) groups excluding carboxylic acids is 1. The summed E-state index contributed by atoms with van der Waals surface area (Å²) in [6, 6.07) is 2.92. The molecule has 9 heteroatoms. The highest BCUT2D eigenvalue weighted by Crippen LogP contribution is 2.35. The Hall–Kier alpha value is -1.84. The summed E-state index contributed by atoms with van der Waals surface area (Å²) < 4.78 is 31.9. The molecule has 0 spiro atoms. The van der Waals surface area contributed by atoms with Crippen molar-refractivity contribution in [3.63, 3.8) is 0 Å². The van der Waals surface area contributed by atoms with E-state index in [0.717, 1.165) is 25.8 Å². The Kier molecular flexibility index (Phi) is 5.92. The van der Waals surface area contributed by atoms with E-state index in [1.54, 1.807) is 0 Å². The van der Waals surface area contributed by atoms with E-state index in [4.69, 9.17) is 10.5 Å². The molecule has 1 amide bonds. The Labute approximate surface area is 160 Å². The van der Waals surface area contributed by atoms with E-state index in [0.29, 0.717) is 5.92 Å². The van der Waals surface area contributed by atoms with Crippen molar-refractivity contribution in [1.29, 1.82) is 0 Å². The van der Waals surface area contributed by atoms with Crippen LogP contribution in [0.4, 0.5) is 5.69 Å². The van der Waals surface area contributed by atoms with Crippen molar-refractivity contribution in [2.24, 2.45) is 5.92 Å². The summed E-state index contributed by atoms with van der Waals surface area (Å²) in [5.74, 6) is 0.564. The van der Waals surface area contributed by atoms with Crippen LogP contribution in [0.25, 0.3) is 0 Å². The van der Waals surface area contributed by atoms with Crippen molar-refractivity contribution in [3.05, 3.63) is 17.7 Å². The zero-order chi connectivity index (χ0) is 19.6. The summed E-state index contributed by atoms with van der Waals surface area (Å²) in [5, 5.41) is 6.56. The van der Waals surface area contributed by atoms with Gasteiger partial charge < -0.3 is 21.1 Å². The van der Waals surface area contributed by atoms with Crippen molar-refractivity contribution in [2.45, 2.75) is 49.1 Å². The second kappa shape index (κ2) is 8.04. The molecule has 2 unspecified atom stereocenters. The highest BCUT2D eigenvalue weighted by Gasteiger charge is 2.33. The van der Waals surface area contributed by atoms with Gasteiger partial charge in [-0.05, 0) is 44.8 Å². The van der Waals surface area contributed by atoms with Crippen molar-refractivity contribution in [3.8, 4) is 5.75 Å². The number of carbonyl (C=O) groups is 1. The summed E-state index contributed by atoms with van der Waals surface area (Å²) in [4.78, 5) is 12.9. The summed E-state index contributed by atoms with van der Waals surface area (Å²) >= 11 is 0. The Morgan fingerprint density at radius 3 is 2.67 bits per heavy atom. The van der Waals surface area contributed by atoms with Crippen LogP contribution in [0.5, 0.6) is 5.75 Å². The van der Waals surface area contributed by atoms with Crippen LogP contribution in [-0.2, 0) is 10.0 Å². The molecule has 1 aliphatic carbocycles. The fourth-order valence-corrected chi connectivity index (χ4v) is 4.46. The molecule has 1 aromatic rings. The molecule has 8 nitrogen and oxygen atoms in total. The number of hydrogen-bond donors (Lipinski definition) is 4. The Morgan fingerprint density at radius 1 is 1.37 bits per heavy atom. The molecule has 5 N–H and O–H groups in total. The topological polar surface area (TPSA) is 123 Å². The molecule has 1 saturated heterocycles. The molecule has 1 saturated carbocycles. The van der Waals surface area contributed by atoms with E-state index in [1.807, 2.05) is 0 Å². The number of ether oxygens (including phenoxy) is 1. The maximum atomic E-state index is 13.0. The quantitative estimate of drug-likeness (QED) is 0.483. The van der Waals surface area contributed by atoms with Crippen LogP contribution in [0, 0.1) is 5.92 Å². The number of amides is 1. The van der Waals surface area contributed by atoms with Gasteiger partial charge in [0.15, 0.2) is 0 Å². The number of hydrogen-bond acceptors (Lipinski definition) is 6. The number of rotatable bonds is 8. The first-order valence-corrected chi connectivity index (χ1v) is 10.8. The number of methoxy groups -OCH3 is 1. The first-order chi connectivity index (χ1) is 12.9. The summed E-state index contributed by atoms with van der Waals surface area (Å²) in [5.41, 5.74) is 6.06. The lowest BCUT2D eigenvalue weighted by Crippen LogP contribution is -2.47. The summed E-state index contributed by atoms with van der Waals surface area (Å²) in [7, 11) is -1.06. The van der Waals surface area contributed by atoms with Crippen LogP contribution in [0.15, 0.2) is 17.0 Å². The third-order valence-corrected chi connectivity index (χ3v) is 6.79. The predicted molar refractivity (Wildman–Crippen MR) is 103 cm³/mol. The SMILES string of the molecule is CNS(=O)(=O)c1cc(C(=O)NC(CC2CC2)C2CCCN2)c(OC)cc1N. The van der Waals surface area contributed by atoms with Crippen LogP contribution in [0.2, 0.25) is 0 Å². The standard InChI is InChI=1S/C18H28N4O4S/c1-20-27(24,25)17-9-12(16(26-2)10-13(17)19)18(23)22-15(8-11-5-6-11)14-4-3-7-21-14/h9-11,14-15,20-21H,3-8,19H2,1-2H3,(H,22,23). The third-order valence-electron chi connectivity index (χ3n) is 5.32. The van der Waals surface area contributed by atoms with Crippen molar-refractivity contribution in [2.75, 3.05) is 26.4 Å². The minimum absolute atomic E-state index is 0.0131. The molecule has 3 rings (SSSR count). The number of sulfonamides is 1. The average Bonchev–Trinajstić information content (AvgIpc) is 3.29. The monoisotopic (exact) mass is 396 g/mol. The van der Waals surface area contributed by atoms with Crippen molar-refractivity contribution in [1.82, 2.24) is 15.4 Å². The summed E-state index contributed by atoms with van der Waals surface area (Å²) in [6.45, 7) is 0.956. The Balaban J connectivity index is 1.88. The minimum atomic E-state index is -3.79. The van der Waals surface area contributed by atoms with E-state index >= 15 is 0 Å². The van der Waals surface area contributed by atoms with Gasteiger partial charge in [0.25, 0.3) is 5.91 Å². The highest BCUT2D eigenvalue weighted by atomic mass is 32.2. The molecule has 1 heterocycles. The molecule has 0 radical (unpaired) electrons. The van der Waals surface area contributed by atoms with Crippen LogP contribution >= 0.6 is 0 Å². The molecule has 150 valence electrons. The molecule has 1 aromatic carbocycles. The van der Waals surface area contributed by atoms with Gasteiger partial charge in [-0.2, -0.15) is 0 Å². The lowest BCUT2D eigenvalue weighted by Gasteiger charge is -2.25. The normalized spacial score (nSPS) is 21.0. The molecule has 0 bridgehead atoms. The Morgan fingerprint density at radius 2 is 2.11 bits per heavy atom. The van der Waals surface area contributed by atoms with E-state index < -0.39 is 10.0 Å². The predicted octanol–water partition coefficient (Wildman–Crippen LogP) is 0.836. The number of anilines is 1. The number of benzene rings is 1. The highest BCUT2D eigenvalue weighted by molar-refractivity contribution is 7.89. The van der Waals surface area contributed by atoms with Gasteiger partial charge in [-0.25, -0.2) is 13.1 Å². The van der Waals surface area contributed by atoms with Gasteiger partial charge >= 0.3 is 0 Å². The van der Waals surface area contributed by atoms with Crippen LogP contribution in [0.1, 0.15) is 42.5 Å². The second-order valence-electron chi connectivity index (χ2n) is 7.26. The fraction of sp³-hybridized carbons (Fsp3) is 0.611.